The van der Waals surface area contributed by atoms with E-state index in [-0.39, 0.29) is 0 Å². The fourth-order valence-electron chi connectivity index (χ4n) is 0.568. The van der Waals surface area contributed by atoms with Crippen LogP contribution >= 0.6 is 0 Å². The molecular formula is C7H13N. The molecule has 0 heterocycles. The van der Waals surface area contributed by atoms with E-state index in [2.05, 4.69) is 18.5 Å². The van der Waals surface area contributed by atoms with Gasteiger partial charge in [-0.3, -0.25) is 4.99 Å². The molecule has 0 saturated heterocycles. The Kier molecular flexibility index (Phi) is 4.23. The zero-order chi connectivity index (χ0) is 6.41. The molecule has 0 amide bonds. The summed E-state index contributed by atoms with van der Waals surface area (Å²) in [4.78, 5) is 3.83. The van der Waals surface area contributed by atoms with Gasteiger partial charge in [-0.2, -0.15) is 0 Å². The molecule has 0 unspecified atom stereocenters. The third-order valence-electron chi connectivity index (χ3n) is 0.883. The quantitative estimate of drug-likeness (QED) is 0.494. The van der Waals surface area contributed by atoms with Crippen LogP contribution in [-0.2, 0) is 0 Å². The smallest absolute Gasteiger partial charge is 0.0277 e. The molecule has 1 nitrogen and oxygen atoms in total. The zero-order valence-corrected chi connectivity index (χ0v) is 5.65. The van der Waals surface area contributed by atoms with Crippen LogP contribution in [0.1, 0.15) is 19.8 Å². The molecule has 0 aromatic rings. The molecule has 0 aromatic carbocycles. The van der Waals surface area contributed by atoms with E-state index in [1.165, 1.54) is 0 Å². The third-order valence-corrected chi connectivity index (χ3v) is 0.883. The van der Waals surface area contributed by atoms with E-state index in [4.69, 9.17) is 0 Å². The maximum absolute atomic E-state index is 3.83. The molecule has 0 bridgehead atoms. The summed E-state index contributed by atoms with van der Waals surface area (Å²) in [5, 5.41) is 0. The van der Waals surface area contributed by atoms with Gasteiger partial charge in [0.05, 0.1) is 0 Å². The van der Waals surface area contributed by atoms with Crippen molar-refractivity contribution in [3.63, 3.8) is 0 Å². The Morgan fingerprint density at radius 2 is 2.38 bits per heavy atom. The minimum Gasteiger partial charge on any atom is -0.296 e. The molecule has 0 saturated carbocycles. The van der Waals surface area contributed by atoms with Gasteiger partial charge in [0.25, 0.3) is 0 Å². The topological polar surface area (TPSA) is 12.4 Å². The molecule has 0 fully saturated rings. The van der Waals surface area contributed by atoms with E-state index >= 15 is 0 Å². The van der Waals surface area contributed by atoms with Gasteiger partial charge in [0.2, 0.25) is 0 Å². The van der Waals surface area contributed by atoms with E-state index in [9.17, 15) is 0 Å². The normalized spacial score (nSPS) is 10.2. The van der Waals surface area contributed by atoms with E-state index < -0.39 is 0 Å². The Morgan fingerprint density at radius 3 is 2.75 bits per heavy atom. The molecule has 0 aliphatic carbocycles. The summed E-state index contributed by atoms with van der Waals surface area (Å²) < 4.78 is 0. The van der Waals surface area contributed by atoms with Crippen molar-refractivity contribution in [2.75, 3.05) is 7.05 Å². The fraction of sp³-hybridized carbons (Fsp3) is 0.571. The highest BCUT2D eigenvalue weighted by Crippen LogP contribution is 1.96. The van der Waals surface area contributed by atoms with Gasteiger partial charge in [-0.1, -0.05) is 19.9 Å². The predicted molar refractivity (Wildman–Crippen MR) is 38.5 cm³/mol. The Hall–Kier alpha value is -0.590. The van der Waals surface area contributed by atoms with Gasteiger partial charge < -0.3 is 0 Å². The molecule has 1 heteroatoms. The summed E-state index contributed by atoms with van der Waals surface area (Å²) in [5.41, 5.74) is 1.12. The summed E-state index contributed by atoms with van der Waals surface area (Å²) in [6.07, 6.45) is 4.03. The Labute approximate surface area is 51.1 Å². The Morgan fingerprint density at radius 1 is 1.75 bits per heavy atom. The number of allylic oxidation sites excluding steroid dienone is 1. The molecule has 8 heavy (non-hydrogen) atoms. The number of rotatable bonds is 3. The second-order valence-electron chi connectivity index (χ2n) is 1.80. The first kappa shape index (κ1) is 7.41. The number of aliphatic imine (C=N–C) groups is 1. The average Bonchev–Trinajstić information content (AvgIpc) is 1.68. The van der Waals surface area contributed by atoms with Gasteiger partial charge >= 0.3 is 0 Å². The van der Waals surface area contributed by atoms with E-state index in [1.807, 2.05) is 6.21 Å². The van der Waals surface area contributed by atoms with Crippen molar-refractivity contribution >= 4 is 6.21 Å². The lowest BCUT2D eigenvalue weighted by molar-refractivity contribution is 0.942. The number of hydrogen-bond donors (Lipinski definition) is 0. The van der Waals surface area contributed by atoms with Crippen molar-refractivity contribution in [1.29, 1.82) is 0 Å². The van der Waals surface area contributed by atoms with E-state index in [0.29, 0.717) is 0 Å². The van der Waals surface area contributed by atoms with Crippen LogP contribution in [0.15, 0.2) is 17.1 Å². The lowest BCUT2D eigenvalue weighted by Gasteiger charge is -1.90. The van der Waals surface area contributed by atoms with Crippen molar-refractivity contribution in [2.45, 2.75) is 19.8 Å². The van der Waals surface area contributed by atoms with Crippen molar-refractivity contribution < 1.29 is 0 Å². The summed E-state index contributed by atoms with van der Waals surface area (Å²) in [6.45, 7) is 5.92. The first-order valence-electron chi connectivity index (χ1n) is 2.91. The highest BCUT2D eigenvalue weighted by Gasteiger charge is 1.82. The summed E-state index contributed by atoms with van der Waals surface area (Å²) in [5.74, 6) is 0. The van der Waals surface area contributed by atoms with Crippen LogP contribution in [0.3, 0.4) is 0 Å². The van der Waals surface area contributed by atoms with Crippen LogP contribution in [0.25, 0.3) is 0 Å². The Balaban J connectivity index is 3.33. The second-order valence-corrected chi connectivity index (χ2v) is 1.80. The van der Waals surface area contributed by atoms with Gasteiger partial charge in [0.15, 0.2) is 0 Å². The molecular weight excluding hydrogens is 98.1 g/mol. The van der Waals surface area contributed by atoms with Crippen molar-refractivity contribution in [3.05, 3.63) is 12.2 Å². The first-order valence-corrected chi connectivity index (χ1v) is 2.91. The monoisotopic (exact) mass is 111 g/mol. The molecule has 0 radical (unpaired) electrons. The molecule has 0 atom stereocenters. The predicted octanol–water partition coefficient (Wildman–Crippen LogP) is 2.04. The molecule has 0 aliphatic heterocycles. The minimum atomic E-state index is 1.07. The summed E-state index contributed by atoms with van der Waals surface area (Å²) in [6, 6.07) is 0. The zero-order valence-electron chi connectivity index (χ0n) is 5.65. The van der Waals surface area contributed by atoms with Crippen LogP contribution in [0.2, 0.25) is 0 Å². The highest BCUT2D eigenvalue weighted by molar-refractivity contribution is 5.77. The number of hydrogen-bond acceptors (Lipinski definition) is 1. The van der Waals surface area contributed by atoms with Crippen LogP contribution in [-0.4, -0.2) is 13.3 Å². The van der Waals surface area contributed by atoms with Crippen LogP contribution in [0.5, 0.6) is 0 Å². The fourth-order valence-corrected chi connectivity index (χ4v) is 0.568. The standard InChI is InChI=1S/C7H13N/c1-4-5-7(2)6-8-3/h6H,2,4-5H2,1,3H3/b8-6-. The van der Waals surface area contributed by atoms with Gasteiger partial charge in [-0.25, -0.2) is 0 Å². The Bertz CT molecular complexity index is 92.6. The second kappa shape index (κ2) is 4.57. The van der Waals surface area contributed by atoms with Crippen LogP contribution in [0, 0.1) is 0 Å². The van der Waals surface area contributed by atoms with Crippen molar-refractivity contribution in [3.8, 4) is 0 Å². The molecule has 46 valence electrons. The highest BCUT2D eigenvalue weighted by atomic mass is 14.6. The lowest BCUT2D eigenvalue weighted by Crippen LogP contribution is -1.79. The maximum Gasteiger partial charge on any atom is 0.0277 e. The SMILES string of the molecule is C=C(/C=N\C)CCC. The number of nitrogens with zero attached hydrogens (tertiary/aromatic N) is 1. The van der Waals surface area contributed by atoms with Gasteiger partial charge in [-0.15, -0.1) is 0 Å². The first-order chi connectivity index (χ1) is 3.81. The average molecular weight is 111 g/mol. The van der Waals surface area contributed by atoms with Crippen molar-refractivity contribution in [1.82, 2.24) is 0 Å². The minimum absolute atomic E-state index is 1.07. The largest absolute Gasteiger partial charge is 0.296 e. The molecule has 0 N–H and O–H groups in total. The van der Waals surface area contributed by atoms with Gasteiger partial charge in [0.1, 0.15) is 0 Å². The molecule has 0 aliphatic rings. The molecule has 0 rings (SSSR count). The maximum atomic E-state index is 3.83. The molecule has 0 aromatic heterocycles. The summed E-state index contributed by atoms with van der Waals surface area (Å²) >= 11 is 0. The van der Waals surface area contributed by atoms with E-state index in [1.54, 1.807) is 7.05 Å². The summed E-state index contributed by atoms with van der Waals surface area (Å²) in [7, 11) is 1.76. The van der Waals surface area contributed by atoms with Gasteiger partial charge in [-0.05, 0) is 12.0 Å². The van der Waals surface area contributed by atoms with Crippen LogP contribution in [0.4, 0.5) is 0 Å². The third kappa shape index (κ3) is 3.59. The lowest BCUT2D eigenvalue weighted by atomic mass is 10.2. The molecule has 0 spiro atoms. The van der Waals surface area contributed by atoms with Crippen molar-refractivity contribution in [2.24, 2.45) is 4.99 Å². The van der Waals surface area contributed by atoms with E-state index in [0.717, 1.165) is 18.4 Å². The van der Waals surface area contributed by atoms with Crippen LogP contribution < -0.4 is 0 Å². The van der Waals surface area contributed by atoms with Gasteiger partial charge in [0, 0.05) is 13.3 Å².